The van der Waals surface area contributed by atoms with Crippen LogP contribution in [-0.4, -0.2) is 14.5 Å². The molecule has 0 bridgehead atoms. The quantitative estimate of drug-likeness (QED) is 0.207. The van der Waals surface area contributed by atoms with E-state index >= 15 is 0 Å². The van der Waals surface area contributed by atoms with E-state index in [-0.39, 0.29) is 0 Å². The Morgan fingerprint density at radius 3 is 2.17 bits per heavy atom. The largest absolute Gasteiger partial charge is 0.456 e. The molecule has 10 aromatic rings. The zero-order valence-electron chi connectivity index (χ0n) is 22.4. The minimum atomic E-state index is 0.651. The summed E-state index contributed by atoms with van der Waals surface area (Å²) in [5, 5.41) is 10.4. The highest BCUT2D eigenvalue weighted by molar-refractivity contribution is 6.32. The Balaban J connectivity index is 1.42. The first-order valence-corrected chi connectivity index (χ1v) is 14.2. The third-order valence-corrected chi connectivity index (χ3v) is 8.75. The first kappa shape index (κ1) is 22.0. The number of aromatic nitrogens is 3. The molecule has 0 unspecified atom stereocenters. The number of rotatable bonds is 2. The molecule has 42 heavy (non-hydrogen) atoms. The monoisotopic (exact) mass is 535 g/mol. The molecule has 10 rings (SSSR count). The van der Waals surface area contributed by atoms with E-state index in [1.807, 2.05) is 18.2 Å². The lowest BCUT2D eigenvalue weighted by Crippen LogP contribution is -2.03. The highest BCUT2D eigenvalue weighted by Crippen LogP contribution is 2.44. The molecule has 4 heteroatoms. The lowest BCUT2D eigenvalue weighted by atomic mass is 9.98. The predicted molar refractivity (Wildman–Crippen MR) is 173 cm³/mol. The minimum Gasteiger partial charge on any atom is -0.456 e. The van der Waals surface area contributed by atoms with Gasteiger partial charge >= 0.3 is 0 Å². The molecular weight excluding hydrogens is 514 g/mol. The van der Waals surface area contributed by atoms with Gasteiger partial charge in [-0.05, 0) is 34.4 Å². The normalized spacial score (nSPS) is 12.3. The van der Waals surface area contributed by atoms with E-state index in [9.17, 15) is 0 Å². The molecule has 4 nitrogen and oxygen atoms in total. The first-order valence-electron chi connectivity index (χ1n) is 14.2. The van der Waals surface area contributed by atoms with Crippen LogP contribution >= 0.6 is 0 Å². The number of furan rings is 1. The molecule has 0 saturated carbocycles. The fraction of sp³-hybridized carbons (Fsp3) is 0. The summed E-state index contributed by atoms with van der Waals surface area (Å²) < 4.78 is 8.67. The number of nitrogens with zero attached hydrogens (tertiary/aromatic N) is 3. The van der Waals surface area contributed by atoms with Crippen LogP contribution in [-0.2, 0) is 0 Å². The van der Waals surface area contributed by atoms with Crippen LogP contribution in [0.5, 0.6) is 0 Å². The summed E-state index contributed by atoms with van der Waals surface area (Å²) in [6.45, 7) is 0. The van der Waals surface area contributed by atoms with E-state index < -0.39 is 0 Å². The van der Waals surface area contributed by atoms with Crippen LogP contribution in [0, 0.1) is 0 Å². The van der Waals surface area contributed by atoms with Gasteiger partial charge in [-0.15, -0.1) is 0 Å². The van der Waals surface area contributed by atoms with Gasteiger partial charge in [-0.2, -0.15) is 0 Å². The Labute approximate surface area is 239 Å². The molecular formula is C38H21N3O. The minimum absolute atomic E-state index is 0.651. The summed E-state index contributed by atoms with van der Waals surface area (Å²) in [7, 11) is 0. The van der Waals surface area contributed by atoms with Crippen molar-refractivity contribution in [2.75, 3.05) is 0 Å². The average Bonchev–Trinajstić information content (AvgIpc) is 3.59. The molecule has 3 aromatic heterocycles. The average molecular weight is 536 g/mol. The Kier molecular flexibility index (Phi) is 4.15. The molecule has 3 heterocycles. The molecule has 0 amide bonds. The van der Waals surface area contributed by atoms with E-state index in [1.165, 1.54) is 21.5 Å². The van der Waals surface area contributed by atoms with Crippen molar-refractivity contribution in [3.63, 3.8) is 0 Å². The van der Waals surface area contributed by atoms with E-state index in [0.29, 0.717) is 5.95 Å². The smallest absolute Gasteiger partial charge is 0.235 e. The second kappa shape index (κ2) is 7.93. The van der Waals surface area contributed by atoms with Crippen LogP contribution in [0.15, 0.2) is 132 Å². The van der Waals surface area contributed by atoms with E-state index in [4.69, 9.17) is 14.4 Å². The molecule has 0 aliphatic carbocycles. The molecule has 0 radical (unpaired) electrons. The van der Waals surface area contributed by atoms with Crippen LogP contribution in [0.4, 0.5) is 0 Å². The Morgan fingerprint density at radius 2 is 1.24 bits per heavy atom. The maximum absolute atomic E-state index is 6.44. The summed E-state index contributed by atoms with van der Waals surface area (Å²) in [5.41, 5.74) is 6.82. The maximum atomic E-state index is 6.44. The highest BCUT2D eigenvalue weighted by Gasteiger charge is 2.23. The molecule has 0 aliphatic rings. The number of hydrogen-bond donors (Lipinski definition) is 0. The van der Waals surface area contributed by atoms with Gasteiger partial charge in [0.15, 0.2) is 0 Å². The molecule has 194 valence electrons. The lowest BCUT2D eigenvalue weighted by Gasteiger charge is -2.13. The summed E-state index contributed by atoms with van der Waals surface area (Å²) in [6, 6.07) is 44.6. The molecule has 0 aliphatic heterocycles. The Morgan fingerprint density at radius 1 is 0.476 bits per heavy atom. The summed E-state index contributed by atoms with van der Waals surface area (Å²) >= 11 is 0. The molecule has 0 N–H and O–H groups in total. The van der Waals surface area contributed by atoms with E-state index in [0.717, 1.165) is 65.9 Å². The maximum Gasteiger partial charge on any atom is 0.235 e. The molecule has 7 aromatic carbocycles. The predicted octanol–water partition coefficient (Wildman–Crippen LogP) is 10.0. The van der Waals surface area contributed by atoms with E-state index in [2.05, 4.69) is 114 Å². The van der Waals surface area contributed by atoms with Crippen LogP contribution < -0.4 is 0 Å². The van der Waals surface area contributed by atoms with Crippen molar-refractivity contribution in [3.05, 3.63) is 127 Å². The Hall–Kier alpha value is -5.74. The summed E-state index contributed by atoms with van der Waals surface area (Å²) in [4.78, 5) is 10.7. The van der Waals surface area contributed by atoms with Gasteiger partial charge in [-0.1, -0.05) is 103 Å². The van der Waals surface area contributed by atoms with Gasteiger partial charge in [0.1, 0.15) is 11.2 Å². The van der Waals surface area contributed by atoms with Gasteiger partial charge in [0, 0.05) is 43.9 Å². The van der Waals surface area contributed by atoms with Crippen LogP contribution in [0.1, 0.15) is 0 Å². The lowest BCUT2D eigenvalue weighted by molar-refractivity contribution is 0.669. The number of fused-ring (bicyclic) bond motifs is 7. The second-order valence-corrected chi connectivity index (χ2v) is 11.0. The number of benzene rings is 7. The fourth-order valence-electron chi connectivity index (χ4n) is 6.95. The van der Waals surface area contributed by atoms with Crippen molar-refractivity contribution in [2.24, 2.45) is 0 Å². The zero-order chi connectivity index (χ0) is 27.4. The third-order valence-electron chi connectivity index (χ3n) is 8.75. The fourth-order valence-corrected chi connectivity index (χ4v) is 6.95. The first-order chi connectivity index (χ1) is 20.8. The van der Waals surface area contributed by atoms with Crippen molar-refractivity contribution in [1.82, 2.24) is 14.5 Å². The van der Waals surface area contributed by atoms with Gasteiger partial charge in [0.05, 0.1) is 22.2 Å². The number of para-hydroxylation sites is 1. The van der Waals surface area contributed by atoms with Crippen molar-refractivity contribution in [1.29, 1.82) is 0 Å². The Bertz CT molecular complexity index is 2680. The van der Waals surface area contributed by atoms with Gasteiger partial charge in [0.25, 0.3) is 0 Å². The zero-order valence-corrected chi connectivity index (χ0v) is 22.4. The topological polar surface area (TPSA) is 43.9 Å². The van der Waals surface area contributed by atoms with Crippen molar-refractivity contribution >= 4 is 76.2 Å². The third kappa shape index (κ3) is 2.80. The number of hydrogen-bond acceptors (Lipinski definition) is 3. The van der Waals surface area contributed by atoms with Crippen LogP contribution in [0.2, 0.25) is 0 Å². The van der Waals surface area contributed by atoms with Crippen LogP contribution in [0.3, 0.4) is 0 Å². The van der Waals surface area contributed by atoms with Gasteiger partial charge < -0.3 is 4.42 Å². The second-order valence-electron chi connectivity index (χ2n) is 11.0. The summed E-state index contributed by atoms with van der Waals surface area (Å²) in [5.74, 6) is 0.651. The standard InChI is InChI=1S/C38H21N3O/c1-2-10-24(11-3-1)36-28-20-17-22-9-4-5-13-25(22)37(28)40-38(39-36)41-29-15-8-12-23-18-19-27-34-26-14-6-7-16-31(26)42-32(34)21-30(41)35(27)33(23)29/h1-21H. The van der Waals surface area contributed by atoms with Gasteiger partial charge in [0.2, 0.25) is 5.95 Å². The van der Waals surface area contributed by atoms with Crippen molar-refractivity contribution < 1.29 is 4.42 Å². The SMILES string of the molecule is c1ccc(-c2nc(-n3c4cccc5ccc6c7c(cc3c6c54)oc3ccccc37)nc3c2ccc2ccccc23)cc1. The van der Waals surface area contributed by atoms with E-state index in [1.54, 1.807) is 0 Å². The molecule has 0 fully saturated rings. The summed E-state index contributed by atoms with van der Waals surface area (Å²) in [6.07, 6.45) is 0. The molecule has 0 atom stereocenters. The van der Waals surface area contributed by atoms with Crippen molar-refractivity contribution in [3.8, 4) is 17.2 Å². The highest BCUT2D eigenvalue weighted by atomic mass is 16.3. The van der Waals surface area contributed by atoms with Crippen LogP contribution in [0.25, 0.3) is 93.4 Å². The van der Waals surface area contributed by atoms with Gasteiger partial charge in [-0.25, -0.2) is 9.97 Å². The molecule has 0 saturated heterocycles. The van der Waals surface area contributed by atoms with Crippen molar-refractivity contribution in [2.45, 2.75) is 0 Å². The molecule has 0 spiro atoms. The van der Waals surface area contributed by atoms with Gasteiger partial charge in [-0.3, -0.25) is 4.57 Å².